The number of phenolic OH excluding ortho intramolecular Hbond substituents is 1. The van der Waals surface area contributed by atoms with E-state index in [0.717, 1.165) is 11.1 Å². The predicted octanol–water partition coefficient (Wildman–Crippen LogP) is 1.38. The lowest BCUT2D eigenvalue weighted by Crippen LogP contribution is -2.44. The average molecular weight is 192 g/mol. The fraction of sp³-hybridized carbons (Fsp3) is 0.364. The normalized spacial score (nSPS) is 23.6. The number of phenols is 1. The number of carbonyl (C=O) groups excluding carboxylic acids is 1. The van der Waals surface area contributed by atoms with Crippen LogP contribution in [0.1, 0.15) is 18.1 Å². The first-order chi connectivity index (χ1) is 6.58. The van der Waals surface area contributed by atoms with Gasteiger partial charge in [-0.2, -0.15) is 0 Å². The zero-order valence-corrected chi connectivity index (χ0v) is 8.20. The van der Waals surface area contributed by atoms with Crippen molar-refractivity contribution < 1.29 is 14.6 Å². The largest absolute Gasteiger partial charge is 0.508 e. The summed E-state index contributed by atoms with van der Waals surface area (Å²) in [6.07, 6.45) is 0.642. The van der Waals surface area contributed by atoms with Gasteiger partial charge in [0, 0.05) is 0 Å². The molecular formula is C11H12O3. The number of ether oxygens (including phenoxy) is 1. The monoisotopic (exact) mass is 192 g/mol. The van der Waals surface area contributed by atoms with Crippen molar-refractivity contribution in [2.24, 2.45) is 0 Å². The summed E-state index contributed by atoms with van der Waals surface area (Å²) in [4.78, 5) is 11.5. The summed E-state index contributed by atoms with van der Waals surface area (Å²) in [5.41, 5.74) is 1.47. The van der Waals surface area contributed by atoms with Crippen LogP contribution in [0.5, 0.6) is 5.75 Å². The van der Waals surface area contributed by atoms with Crippen molar-refractivity contribution in [3.05, 3.63) is 29.3 Å². The van der Waals surface area contributed by atoms with Crippen LogP contribution in [-0.2, 0) is 21.4 Å². The van der Waals surface area contributed by atoms with Gasteiger partial charge >= 0.3 is 5.97 Å². The van der Waals surface area contributed by atoms with Crippen molar-refractivity contribution in [1.29, 1.82) is 0 Å². The highest BCUT2D eigenvalue weighted by Crippen LogP contribution is 2.42. The lowest BCUT2D eigenvalue weighted by Gasteiger charge is -2.38. The number of hydrogen-bond donors (Lipinski definition) is 1. The standard InChI is InChI=1S/C11H12O3/c1-11(10(13)14-2)6-7-5-8(12)3-4-9(7)11/h3-5,12H,6H2,1-2H3. The van der Waals surface area contributed by atoms with Gasteiger partial charge < -0.3 is 9.84 Å². The lowest BCUT2D eigenvalue weighted by atomic mass is 9.65. The molecule has 0 fully saturated rings. The number of methoxy groups -OCH3 is 1. The number of hydrogen-bond acceptors (Lipinski definition) is 3. The van der Waals surface area contributed by atoms with Gasteiger partial charge in [0.1, 0.15) is 5.75 Å². The molecule has 1 aliphatic carbocycles. The van der Waals surface area contributed by atoms with Crippen molar-refractivity contribution in [3.8, 4) is 5.75 Å². The molecule has 0 saturated heterocycles. The number of fused-ring (bicyclic) bond motifs is 1. The first-order valence-electron chi connectivity index (χ1n) is 4.49. The molecular weight excluding hydrogens is 180 g/mol. The van der Waals surface area contributed by atoms with Crippen LogP contribution in [0.15, 0.2) is 18.2 Å². The van der Waals surface area contributed by atoms with Gasteiger partial charge in [-0.3, -0.25) is 4.79 Å². The fourth-order valence-corrected chi connectivity index (χ4v) is 2.04. The highest BCUT2D eigenvalue weighted by atomic mass is 16.5. The summed E-state index contributed by atoms with van der Waals surface area (Å²) >= 11 is 0. The molecule has 0 amide bonds. The molecule has 1 N–H and O–H groups in total. The van der Waals surface area contributed by atoms with Crippen LogP contribution in [-0.4, -0.2) is 18.2 Å². The average Bonchev–Trinajstić information content (AvgIpc) is 2.14. The summed E-state index contributed by atoms with van der Waals surface area (Å²) in [5.74, 6) is 0.0337. The summed E-state index contributed by atoms with van der Waals surface area (Å²) in [6, 6.07) is 5.07. The Morgan fingerprint density at radius 2 is 2.29 bits per heavy atom. The third kappa shape index (κ3) is 1.02. The van der Waals surface area contributed by atoms with Crippen LogP contribution >= 0.6 is 0 Å². The molecule has 0 aromatic heterocycles. The van der Waals surface area contributed by atoms with Gasteiger partial charge in [0.05, 0.1) is 12.5 Å². The molecule has 1 atom stereocenters. The minimum Gasteiger partial charge on any atom is -0.508 e. The second-order valence-corrected chi connectivity index (χ2v) is 3.84. The molecule has 0 bridgehead atoms. The van der Waals surface area contributed by atoms with Crippen molar-refractivity contribution in [3.63, 3.8) is 0 Å². The van der Waals surface area contributed by atoms with Crippen molar-refractivity contribution in [1.82, 2.24) is 0 Å². The topological polar surface area (TPSA) is 46.5 Å². The van der Waals surface area contributed by atoms with Crippen LogP contribution < -0.4 is 0 Å². The van der Waals surface area contributed by atoms with Crippen LogP contribution in [0.25, 0.3) is 0 Å². The Hall–Kier alpha value is -1.51. The molecule has 0 aliphatic heterocycles. The van der Waals surface area contributed by atoms with Gasteiger partial charge in [0.2, 0.25) is 0 Å². The third-order valence-corrected chi connectivity index (χ3v) is 2.86. The Morgan fingerprint density at radius 3 is 2.86 bits per heavy atom. The van der Waals surface area contributed by atoms with Gasteiger partial charge in [-0.05, 0) is 36.6 Å². The molecule has 0 saturated carbocycles. The summed E-state index contributed by atoms with van der Waals surface area (Å²) < 4.78 is 4.74. The van der Waals surface area contributed by atoms with E-state index in [1.54, 1.807) is 18.2 Å². The Balaban J connectivity index is 2.40. The molecule has 1 aromatic carbocycles. The highest BCUT2D eigenvalue weighted by molar-refractivity contribution is 5.86. The summed E-state index contributed by atoms with van der Waals surface area (Å²) in [5, 5.41) is 9.22. The van der Waals surface area contributed by atoms with E-state index < -0.39 is 5.41 Å². The molecule has 0 heterocycles. The van der Waals surface area contributed by atoms with Crippen LogP contribution in [0.3, 0.4) is 0 Å². The third-order valence-electron chi connectivity index (χ3n) is 2.86. The van der Waals surface area contributed by atoms with Crippen LogP contribution in [0.4, 0.5) is 0 Å². The Morgan fingerprint density at radius 1 is 1.57 bits per heavy atom. The van der Waals surface area contributed by atoms with E-state index in [9.17, 15) is 9.90 Å². The van der Waals surface area contributed by atoms with Crippen LogP contribution in [0, 0.1) is 0 Å². The lowest BCUT2D eigenvalue weighted by molar-refractivity contribution is -0.147. The van der Waals surface area contributed by atoms with E-state index in [4.69, 9.17) is 4.74 Å². The van der Waals surface area contributed by atoms with E-state index in [1.165, 1.54) is 7.11 Å². The molecule has 74 valence electrons. The first kappa shape index (κ1) is 9.06. The minimum atomic E-state index is -0.516. The van der Waals surface area contributed by atoms with Gasteiger partial charge in [0.15, 0.2) is 0 Å². The van der Waals surface area contributed by atoms with E-state index in [0.29, 0.717) is 6.42 Å². The van der Waals surface area contributed by atoms with E-state index >= 15 is 0 Å². The SMILES string of the molecule is COC(=O)C1(C)Cc2cc(O)ccc21. The quantitative estimate of drug-likeness (QED) is 0.684. The zero-order valence-electron chi connectivity index (χ0n) is 8.20. The molecule has 3 heteroatoms. The van der Waals surface area contributed by atoms with E-state index in [-0.39, 0.29) is 11.7 Å². The maximum Gasteiger partial charge on any atom is 0.316 e. The highest BCUT2D eigenvalue weighted by Gasteiger charge is 2.45. The molecule has 0 spiro atoms. The van der Waals surface area contributed by atoms with Gasteiger partial charge in [-0.25, -0.2) is 0 Å². The number of aromatic hydroxyl groups is 1. The molecule has 1 unspecified atom stereocenters. The molecule has 0 radical (unpaired) electrons. The zero-order chi connectivity index (χ0) is 10.3. The van der Waals surface area contributed by atoms with Crippen molar-refractivity contribution in [2.75, 3.05) is 7.11 Å². The first-order valence-corrected chi connectivity index (χ1v) is 4.49. The van der Waals surface area contributed by atoms with E-state index in [2.05, 4.69) is 0 Å². The number of benzene rings is 1. The predicted molar refractivity (Wildman–Crippen MR) is 51.2 cm³/mol. The number of esters is 1. The summed E-state index contributed by atoms with van der Waals surface area (Å²) in [7, 11) is 1.39. The molecule has 1 aliphatic rings. The van der Waals surface area contributed by atoms with Gasteiger partial charge in [0.25, 0.3) is 0 Å². The molecule has 2 rings (SSSR count). The Bertz CT molecular complexity index is 398. The van der Waals surface area contributed by atoms with Crippen LogP contribution in [0.2, 0.25) is 0 Å². The smallest absolute Gasteiger partial charge is 0.316 e. The fourth-order valence-electron chi connectivity index (χ4n) is 2.04. The Kier molecular flexibility index (Phi) is 1.77. The maximum atomic E-state index is 11.5. The maximum absolute atomic E-state index is 11.5. The Labute approximate surface area is 82.3 Å². The van der Waals surface area contributed by atoms with Crippen molar-refractivity contribution >= 4 is 5.97 Å². The van der Waals surface area contributed by atoms with E-state index in [1.807, 2.05) is 6.92 Å². The molecule has 3 nitrogen and oxygen atoms in total. The minimum absolute atomic E-state index is 0.212. The van der Waals surface area contributed by atoms with Gasteiger partial charge in [-0.15, -0.1) is 0 Å². The number of rotatable bonds is 1. The molecule has 14 heavy (non-hydrogen) atoms. The van der Waals surface area contributed by atoms with Crippen molar-refractivity contribution in [2.45, 2.75) is 18.8 Å². The van der Waals surface area contributed by atoms with Gasteiger partial charge in [-0.1, -0.05) is 6.07 Å². The summed E-state index contributed by atoms with van der Waals surface area (Å²) in [6.45, 7) is 1.86. The second-order valence-electron chi connectivity index (χ2n) is 3.84. The molecule has 1 aromatic rings. The second kappa shape index (κ2) is 2.74. The number of carbonyl (C=O) groups is 1.